The maximum Gasteiger partial charge on any atom is 0.237 e. The molecule has 2 N–H and O–H groups in total. The lowest BCUT2D eigenvalue weighted by Crippen LogP contribution is -2.47. The minimum absolute atomic E-state index is 0.127. The normalized spacial score (nSPS) is 23.7. The molecule has 25 heavy (non-hydrogen) atoms. The molecule has 1 radical (unpaired) electrons. The van der Waals surface area contributed by atoms with E-state index in [0.717, 1.165) is 39.1 Å². The van der Waals surface area contributed by atoms with E-state index >= 15 is 0 Å². The van der Waals surface area contributed by atoms with E-state index in [1.165, 1.54) is 5.56 Å². The maximum atomic E-state index is 12.6. The number of likely N-dealkylation sites (tertiary alicyclic amines) is 2. The summed E-state index contributed by atoms with van der Waals surface area (Å²) in [5.74, 6) is 0.361. The monoisotopic (exact) mass is 342 g/mol. The van der Waals surface area contributed by atoms with Crippen molar-refractivity contribution in [3.8, 4) is 0 Å². The molecule has 2 atom stereocenters. The van der Waals surface area contributed by atoms with Gasteiger partial charge in [-0.15, -0.1) is 0 Å². The number of hydrogen-bond donors (Lipinski definition) is 1. The van der Waals surface area contributed by atoms with Crippen LogP contribution in [-0.4, -0.2) is 54.3 Å². The van der Waals surface area contributed by atoms with Crippen LogP contribution in [-0.2, 0) is 9.59 Å². The maximum absolute atomic E-state index is 12.6. The number of primary amides is 1. The number of fused-ring (bicyclic) bond motifs is 1. The zero-order valence-electron chi connectivity index (χ0n) is 15.1. The Morgan fingerprint density at radius 1 is 1.12 bits per heavy atom. The van der Waals surface area contributed by atoms with Gasteiger partial charge in [-0.3, -0.25) is 9.59 Å². The number of nitrogens with zero attached hydrogens (tertiary/aromatic N) is 2. The summed E-state index contributed by atoms with van der Waals surface area (Å²) in [6, 6.07) is 10.4. The Hall–Kier alpha value is -1.88. The molecule has 0 bridgehead atoms. The number of hydrogen-bond acceptors (Lipinski definition) is 3. The van der Waals surface area contributed by atoms with Crippen molar-refractivity contribution in [2.75, 3.05) is 32.7 Å². The second-order valence-electron chi connectivity index (χ2n) is 7.88. The van der Waals surface area contributed by atoms with Gasteiger partial charge in [-0.05, 0) is 50.6 Å². The third kappa shape index (κ3) is 3.87. The van der Waals surface area contributed by atoms with Gasteiger partial charge in [-0.1, -0.05) is 30.3 Å². The predicted molar refractivity (Wildman–Crippen MR) is 97.4 cm³/mol. The van der Waals surface area contributed by atoms with Gasteiger partial charge in [0.15, 0.2) is 0 Å². The average molecular weight is 342 g/mol. The van der Waals surface area contributed by atoms with Crippen molar-refractivity contribution in [3.05, 3.63) is 42.3 Å². The van der Waals surface area contributed by atoms with Crippen LogP contribution >= 0.6 is 0 Å². The van der Waals surface area contributed by atoms with Gasteiger partial charge in [0.1, 0.15) is 5.41 Å². The number of carbonyl (C=O) groups excluding carboxylic acids is 2. The van der Waals surface area contributed by atoms with Crippen LogP contribution in [0.4, 0.5) is 0 Å². The van der Waals surface area contributed by atoms with E-state index in [1.54, 1.807) is 13.8 Å². The first kappa shape index (κ1) is 17.9. The second-order valence-corrected chi connectivity index (χ2v) is 7.88. The SMILES string of the molecule is CC(C)(C(N)=O)C(=O)N1CC2CN(CC[CH]c3ccccc3)C[C@H]2C1. The molecule has 0 aromatic heterocycles. The Morgan fingerprint density at radius 2 is 1.72 bits per heavy atom. The van der Waals surface area contributed by atoms with Crippen molar-refractivity contribution in [3.63, 3.8) is 0 Å². The number of carbonyl (C=O) groups is 2. The molecule has 0 aliphatic carbocycles. The van der Waals surface area contributed by atoms with Crippen molar-refractivity contribution >= 4 is 11.8 Å². The average Bonchev–Trinajstić information content (AvgIpc) is 3.13. The molecule has 2 fully saturated rings. The van der Waals surface area contributed by atoms with Crippen molar-refractivity contribution in [2.24, 2.45) is 23.0 Å². The van der Waals surface area contributed by atoms with E-state index in [4.69, 9.17) is 5.73 Å². The Morgan fingerprint density at radius 3 is 2.28 bits per heavy atom. The molecule has 2 amide bonds. The highest BCUT2D eigenvalue weighted by atomic mass is 16.2. The minimum Gasteiger partial charge on any atom is -0.369 e. The number of nitrogens with two attached hydrogens (primary N) is 1. The fraction of sp³-hybridized carbons (Fsp3) is 0.550. The molecule has 5 nitrogen and oxygen atoms in total. The summed E-state index contributed by atoms with van der Waals surface area (Å²) in [7, 11) is 0. The van der Waals surface area contributed by atoms with Gasteiger partial charge in [0, 0.05) is 26.2 Å². The highest BCUT2D eigenvalue weighted by Crippen LogP contribution is 2.33. The molecule has 2 aliphatic rings. The first-order valence-corrected chi connectivity index (χ1v) is 9.08. The molecular formula is C20H28N3O2. The fourth-order valence-electron chi connectivity index (χ4n) is 3.94. The van der Waals surface area contributed by atoms with Gasteiger partial charge in [0.25, 0.3) is 0 Å². The lowest BCUT2D eigenvalue weighted by atomic mass is 9.91. The Labute approximate surface area is 150 Å². The summed E-state index contributed by atoms with van der Waals surface area (Å²) in [5.41, 5.74) is 5.54. The van der Waals surface area contributed by atoms with E-state index < -0.39 is 11.3 Å². The highest BCUT2D eigenvalue weighted by molar-refractivity contribution is 6.03. The Bertz CT molecular complexity index is 615. The molecule has 5 heteroatoms. The molecule has 2 saturated heterocycles. The van der Waals surface area contributed by atoms with Crippen molar-refractivity contribution in [1.82, 2.24) is 9.80 Å². The van der Waals surface area contributed by atoms with E-state index in [0.29, 0.717) is 11.8 Å². The van der Waals surface area contributed by atoms with Crippen LogP contribution in [0.3, 0.4) is 0 Å². The molecule has 135 valence electrons. The van der Waals surface area contributed by atoms with Gasteiger partial charge in [-0.25, -0.2) is 0 Å². The third-order valence-corrected chi connectivity index (χ3v) is 5.62. The zero-order valence-corrected chi connectivity index (χ0v) is 15.1. The Kier molecular flexibility index (Phi) is 5.13. The summed E-state index contributed by atoms with van der Waals surface area (Å²) < 4.78 is 0. The summed E-state index contributed by atoms with van der Waals surface area (Å²) in [6.07, 6.45) is 3.32. The van der Waals surface area contributed by atoms with Crippen molar-refractivity contribution in [2.45, 2.75) is 20.3 Å². The van der Waals surface area contributed by atoms with E-state index in [2.05, 4.69) is 35.6 Å². The van der Waals surface area contributed by atoms with E-state index in [-0.39, 0.29) is 5.91 Å². The molecule has 2 heterocycles. The smallest absolute Gasteiger partial charge is 0.237 e. The Balaban J connectivity index is 1.45. The van der Waals surface area contributed by atoms with Gasteiger partial charge in [0.2, 0.25) is 11.8 Å². The topological polar surface area (TPSA) is 66.6 Å². The summed E-state index contributed by atoms with van der Waals surface area (Å²) in [5, 5.41) is 0. The summed E-state index contributed by atoms with van der Waals surface area (Å²) in [4.78, 5) is 28.4. The fourth-order valence-corrected chi connectivity index (χ4v) is 3.94. The molecule has 3 rings (SSSR count). The van der Waals surface area contributed by atoms with Crippen LogP contribution in [0.2, 0.25) is 0 Å². The largest absolute Gasteiger partial charge is 0.369 e. The third-order valence-electron chi connectivity index (χ3n) is 5.62. The lowest BCUT2D eigenvalue weighted by Gasteiger charge is -2.28. The van der Waals surface area contributed by atoms with Crippen molar-refractivity contribution < 1.29 is 9.59 Å². The molecule has 1 aromatic rings. The van der Waals surface area contributed by atoms with Gasteiger partial charge in [0.05, 0.1) is 0 Å². The summed E-state index contributed by atoms with van der Waals surface area (Å²) in [6.45, 7) is 7.87. The molecule has 1 aromatic carbocycles. The quantitative estimate of drug-likeness (QED) is 0.797. The highest BCUT2D eigenvalue weighted by Gasteiger charge is 2.45. The minimum atomic E-state index is -1.11. The molecule has 2 aliphatic heterocycles. The molecule has 0 spiro atoms. The molecule has 0 saturated carbocycles. The second kappa shape index (κ2) is 7.16. The number of rotatable bonds is 6. The van der Waals surface area contributed by atoms with Crippen LogP contribution in [0.15, 0.2) is 30.3 Å². The first-order chi connectivity index (χ1) is 11.9. The lowest BCUT2D eigenvalue weighted by molar-refractivity contribution is -0.146. The number of amides is 2. The van der Waals surface area contributed by atoms with Gasteiger partial charge < -0.3 is 15.5 Å². The predicted octanol–water partition coefficient (Wildman–Crippen LogP) is 1.53. The van der Waals surface area contributed by atoms with Crippen LogP contribution in [0.1, 0.15) is 25.8 Å². The van der Waals surface area contributed by atoms with Crippen LogP contribution in [0.5, 0.6) is 0 Å². The summed E-state index contributed by atoms with van der Waals surface area (Å²) >= 11 is 0. The molecule has 1 unspecified atom stereocenters. The van der Waals surface area contributed by atoms with Crippen LogP contribution in [0.25, 0.3) is 0 Å². The molecular weight excluding hydrogens is 314 g/mol. The van der Waals surface area contributed by atoms with Gasteiger partial charge in [-0.2, -0.15) is 0 Å². The number of benzene rings is 1. The van der Waals surface area contributed by atoms with Crippen molar-refractivity contribution in [1.29, 1.82) is 0 Å². The van der Waals surface area contributed by atoms with Crippen LogP contribution in [0, 0.1) is 23.7 Å². The zero-order chi connectivity index (χ0) is 18.0. The standard InChI is InChI=1S/C20H28N3O2/c1-20(2,18(21)24)19(25)23-13-16-11-22(12-17(16)14-23)10-6-9-15-7-4-3-5-8-15/h3-5,7-9,16-17H,6,10-14H2,1-2H3,(H2,21,24)/t16-,17?/m0/s1. The van der Waals surface area contributed by atoms with Crippen LogP contribution < -0.4 is 5.73 Å². The van der Waals surface area contributed by atoms with Gasteiger partial charge >= 0.3 is 0 Å². The first-order valence-electron chi connectivity index (χ1n) is 9.08. The van der Waals surface area contributed by atoms with E-state index in [1.807, 2.05) is 11.0 Å². The van der Waals surface area contributed by atoms with E-state index in [9.17, 15) is 9.59 Å².